The zero-order chi connectivity index (χ0) is 16.4. The number of aromatic nitrogens is 3. The standard InChI is InChI=1S/C15H12ClIN3O2P/c1-9(11-4-5-18-7-13(11)16)22-10-2-3-15-12(6-10)14(8-21)19-20(15)23-17/h2-9,23H,1H3. The molecule has 8 heteroatoms. The molecule has 23 heavy (non-hydrogen) atoms. The van der Waals surface area contributed by atoms with Crippen molar-refractivity contribution in [2.45, 2.75) is 13.0 Å². The first-order valence-electron chi connectivity index (χ1n) is 6.74. The van der Waals surface area contributed by atoms with Crippen LogP contribution in [-0.2, 0) is 0 Å². The van der Waals surface area contributed by atoms with Gasteiger partial charge in [-0.05, 0) is 53.2 Å². The number of carbonyl (C=O) groups excluding carboxylic acids is 1. The summed E-state index contributed by atoms with van der Waals surface area (Å²) >= 11 is 8.38. The molecule has 3 rings (SSSR count). The maximum Gasteiger partial charge on any atom is 0.170 e. The van der Waals surface area contributed by atoms with E-state index in [0.717, 1.165) is 22.8 Å². The number of ether oxygens (including phenoxy) is 1. The predicted octanol–water partition coefficient (Wildman–Crippen LogP) is 4.83. The van der Waals surface area contributed by atoms with E-state index in [-0.39, 0.29) is 6.10 Å². The maximum absolute atomic E-state index is 11.2. The highest BCUT2D eigenvalue weighted by Gasteiger charge is 2.14. The summed E-state index contributed by atoms with van der Waals surface area (Å²) in [4.78, 5) is 15.2. The Morgan fingerprint density at radius 1 is 1.43 bits per heavy atom. The fourth-order valence-electron chi connectivity index (χ4n) is 2.33. The number of rotatable bonds is 5. The van der Waals surface area contributed by atoms with E-state index < -0.39 is 0 Å². The lowest BCUT2D eigenvalue weighted by Crippen LogP contribution is -2.04. The minimum atomic E-state index is -0.232. The number of aldehydes is 1. The van der Waals surface area contributed by atoms with Gasteiger partial charge in [-0.15, -0.1) is 0 Å². The van der Waals surface area contributed by atoms with E-state index in [1.807, 2.05) is 35.6 Å². The lowest BCUT2D eigenvalue weighted by atomic mass is 10.1. The Labute approximate surface area is 152 Å². The highest BCUT2D eigenvalue weighted by Crippen LogP contribution is 2.33. The van der Waals surface area contributed by atoms with Gasteiger partial charge in [-0.3, -0.25) is 9.78 Å². The van der Waals surface area contributed by atoms with Gasteiger partial charge >= 0.3 is 0 Å². The first kappa shape index (κ1) is 16.6. The number of nitrogens with zero attached hydrogens (tertiary/aromatic N) is 3. The fourth-order valence-corrected chi connectivity index (χ4v) is 4.14. The van der Waals surface area contributed by atoms with E-state index in [1.54, 1.807) is 12.4 Å². The smallest absolute Gasteiger partial charge is 0.170 e. The van der Waals surface area contributed by atoms with Gasteiger partial charge in [0.1, 0.15) is 17.5 Å². The molecule has 0 bridgehead atoms. The van der Waals surface area contributed by atoms with E-state index in [4.69, 9.17) is 16.3 Å². The Balaban J connectivity index is 1.95. The minimum Gasteiger partial charge on any atom is -0.486 e. The van der Waals surface area contributed by atoms with E-state index in [9.17, 15) is 4.79 Å². The summed E-state index contributed by atoms with van der Waals surface area (Å²) in [5.41, 5.74) is 2.20. The predicted molar refractivity (Wildman–Crippen MR) is 101 cm³/mol. The van der Waals surface area contributed by atoms with Crippen molar-refractivity contribution in [1.82, 2.24) is 14.5 Å². The van der Waals surface area contributed by atoms with Gasteiger partial charge in [0.25, 0.3) is 0 Å². The molecular weight excluding hydrogens is 448 g/mol. The Morgan fingerprint density at radius 2 is 2.26 bits per heavy atom. The number of fused-ring (bicyclic) bond motifs is 1. The summed E-state index contributed by atoms with van der Waals surface area (Å²) in [6.45, 7) is 1.92. The molecule has 3 aromatic rings. The Hall–Kier alpha value is -1.24. The topological polar surface area (TPSA) is 57.0 Å². The number of benzene rings is 1. The largest absolute Gasteiger partial charge is 0.486 e. The van der Waals surface area contributed by atoms with Crippen LogP contribution in [0.25, 0.3) is 10.9 Å². The lowest BCUT2D eigenvalue weighted by molar-refractivity contribution is 0.112. The van der Waals surface area contributed by atoms with E-state index >= 15 is 0 Å². The van der Waals surface area contributed by atoms with Gasteiger partial charge in [-0.25, -0.2) is 4.45 Å². The molecule has 0 fully saturated rings. The second-order valence-corrected chi connectivity index (χ2v) is 7.28. The normalized spacial score (nSPS) is 12.8. The van der Waals surface area contributed by atoms with E-state index in [1.165, 1.54) is 0 Å². The van der Waals surface area contributed by atoms with Crippen LogP contribution < -0.4 is 4.74 Å². The highest BCUT2D eigenvalue weighted by molar-refractivity contribution is 14.2. The molecule has 0 radical (unpaired) electrons. The Morgan fingerprint density at radius 3 is 2.96 bits per heavy atom. The van der Waals surface area contributed by atoms with Crippen molar-refractivity contribution >= 4 is 57.2 Å². The van der Waals surface area contributed by atoms with Gasteiger partial charge in [-0.1, -0.05) is 11.6 Å². The summed E-state index contributed by atoms with van der Waals surface area (Å²) in [5, 5.41) is 5.64. The van der Waals surface area contributed by atoms with Gasteiger partial charge in [0, 0.05) is 23.3 Å². The summed E-state index contributed by atoms with van der Waals surface area (Å²) in [5.74, 6) is 0.664. The van der Waals surface area contributed by atoms with Crippen molar-refractivity contribution in [3.05, 3.63) is 52.9 Å². The van der Waals surface area contributed by atoms with Crippen LogP contribution in [0.5, 0.6) is 5.75 Å². The van der Waals surface area contributed by atoms with Crippen LogP contribution in [0.2, 0.25) is 5.02 Å². The van der Waals surface area contributed by atoms with Gasteiger partial charge in [0.05, 0.1) is 16.9 Å². The van der Waals surface area contributed by atoms with Crippen molar-refractivity contribution < 1.29 is 9.53 Å². The van der Waals surface area contributed by atoms with Crippen LogP contribution in [0.4, 0.5) is 0 Å². The van der Waals surface area contributed by atoms with Crippen molar-refractivity contribution in [3.63, 3.8) is 0 Å². The van der Waals surface area contributed by atoms with E-state index in [0.29, 0.717) is 22.8 Å². The first-order valence-corrected chi connectivity index (χ1v) is 11.2. The number of hydrogen-bond donors (Lipinski definition) is 0. The molecule has 0 aliphatic heterocycles. The molecule has 2 heterocycles. The molecule has 0 saturated carbocycles. The molecule has 0 saturated heterocycles. The number of carbonyl (C=O) groups is 1. The lowest BCUT2D eigenvalue weighted by Gasteiger charge is -2.16. The van der Waals surface area contributed by atoms with Crippen LogP contribution in [-0.4, -0.2) is 20.8 Å². The van der Waals surface area contributed by atoms with Gasteiger partial charge < -0.3 is 4.74 Å². The molecule has 0 N–H and O–H groups in total. The third-order valence-corrected chi connectivity index (χ3v) is 5.61. The van der Waals surface area contributed by atoms with Gasteiger partial charge in [0.2, 0.25) is 0 Å². The number of pyridine rings is 1. The number of hydrogen-bond acceptors (Lipinski definition) is 4. The monoisotopic (exact) mass is 459 g/mol. The molecule has 2 atom stereocenters. The molecule has 5 nitrogen and oxygen atoms in total. The zero-order valence-electron chi connectivity index (χ0n) is 12.0. The molecule has 118 valence electrons. The maximum atomic E-state index is 11.2. The molecule has 2 aromatic heterocycles. The Kier molecular flexibility index (Phi) is 5.14. The van der Waals surface area contributed by atoms with Crippen LogP contribution in [0.3, 0.4) is 0 Å². The second-order valence-electron chi connectivity index (χ2n) is 4.84. The summed E-state index contributed by atoms with van der Waals surface area (Å²) in [7, 11) is 0. The molecule has 0 amide bonds. The quantitative estimate of drug-likeness (QED) is 0.312. The minimum absolute atomic E-state index is 0.232. The summed E-state index contributed by atoms with van der Waals surface area (Å²) in [6, 6.07) is 7.46. The van der Waals surface area contributed by atoms with Gasteiger partial charge in [-0.2, -0.15) is 5.10 Å². The van der Waals surface area contributed by atoms with Gasteiger partial charge in [0.15, 0.2) is 6.29 Å². The molecule has 1 aromatic carbocycles. The third kappa shape index (κ3) is 3.34. The van der Waals surface area contributed by atoms with Crippen molar-refractivity contribution in [2.24, 2.45) is 0 Å². The SMILES string of the molecule is CC(Oc1ccc2c(c1)c(C=O)nn2PI)c1ccncc1Cl. The van der Waals surface area contributed by atoms with Crippen LogP contribution in [0, 0.1) is 0 Å². The molecule has 2 unspecified atom stereocenters. The molecular formula is C15H12ClIN3O2P. The molecule has 0 spiro atoms. The Bertz CT molecular complexity index is 871. The molecule has 0 aliphatic rings. The zero-order valence-corrected chi connectivity index (χ0v) is 15.9. The highest BCUT2D eigenvalue weighted by atomic mass is 127. The van der Waals surface area contributed by atoms with Crippen molar-refractivity contribution in [2.75, 3.05) is 0 Å². The summed E-state index contributed by atoms with van der Waals surface area (Å²) < 4.78 is 7.78. The third-order valence-electron chi connectivity index (χ3n) is 3.43. The first-order chi connectivity index (χ1) is 11.1. The molecule has 0 aliphatic carbocycles. The summed E-state index contributed by atoms with van der Waals surface area (Å²) in [6.07, 6.45) is 4.24. The second kappa shape index (κ2) is 7.11. The average molecular weight is 460 g/mol. The van der Waals surface area contributed by atoms with Crippen LogP contribution >= 0.6 is 40.0 Å². The fraction of sp³-hybridized carbons (Fsp3) is 0.133. The van der Waals surface area contributed by atoms with Crippen LogP contribution in [0.1, 0.15) is 29.1 Å². The average Bonchev–Trinajstić information content (AvgIpc) is 2.92. The van der Waals surface area contributed by atoms with Crippen molar-refractivity contribution in [1.29, 1.82) is 0 Å². The van der Waals surface area contributed by atoms with Crippen molar-refractivity contribution in [3.8, 4) is 5.75 Å². The van der Waals surface area contributed by atoms with E-state index in [2.05, 4.69) is 32.1 Å². The number of halogens is 2. The van der Waals surface area contributed by atoms with Crippen LogP contribution in [0.15, 0.2) is 36.7 Å².